The van der Waals surface area contributed by atoms with E-state index in [1.807, 2.05) is 54.6 Å². The number of carbonyl (C=O) groups excluding carboxylic acids is 1. The third kappa shape index (κ3) is 6.30. The molecule has 5 nitrogen and oxygen atoms in total. The molecule has 3 aromatic rings. The third-order valence-electron chi connectivity index (χ3n) is 5.83. The molecule has 0 heterocycles. The third-order valence-corrected chi connectivity index (χ3v) is 9.36. The first-order chi connectivity index (χ1) is 16.4. The Hall–Kier alpha value is -2.13. The van der Waals surface area contributed by atoms with Gasteiger partial charge >= 0.3 is 0 Å². The fraction of sp³-hybridized carbons (Fsp3) is 0.269. The van der Waals surface area contributed by atoms with Gasteiger partial charge < -0.3 is 5.32 Å². The number of amides is 1. The molecule has 0 spiro atoms. The second-order valence-electron chi connectivity index (χ2n) is 8.26. The molecular formula is C26H27BrN2O3S2. The minimum absolute atomic E-state index is 0.179. The van der Waals surface area contributed by atoms with E-state index in [-0.39, 0.29) is 23.4 Å². The number of benzene rings is 3. The van der Waals surface area contributed by atoms with Crippen molar-refractivity contribution in [3.05, 3.63) is 83.3 Å². The lowest BCUT2D eigenvalue weighted by Gasteiger charge is -2.33. The predicted octanol–water partition coefficient (Wildman–Crippen LogP) is 6.56. The molecule has 0 saturated heterocycles. The molecule has 178 valence electrons. The van der Waals surface area contributed by atoms with Gasteiger partial charge in [-0.1, -0.05) is 77.3 Å². The van der Waals surface area contributed by atoms with Gasteiger partial charge in [0.15, 0.2) is 0 Å². The van der Waals surface area contributed by atoms with Crippen molar-refractivity contribution in [1.29, 1.82) is 0 Å². The quantitative estimate of drug-likeness (QED) is 0.340. The zero-order valence-corrected chi connectivity index (χ0v) is 21.9. The van der Waals surface area contributed by atoms with Crippen LogP contribution in [0, 0.1) is 0 Å². The molecule has 8 heteroatoms. The van der Waals surface area contributed by atoms with E-state index in [1.165, 1.54) is 4.31 Å². The Bertz CT molecular complexity index is 1210. The van der Waals surface area contributed by atoms with Gasteiger partial charge in [0, 0.05) is 20.3 Å². The molecule has 0 radical (unpaired) electrons. The number of hydrogen-bond acceptors (Lipinski definition) is 4. The van der Waals surface area contributed by atoms with Crippen LogP contribution in [0.25, 0.3) is 0 Å². The van der Waals surface area contributed by atoms with Crippen molar-refractivity contribution in [1.82, 2.24) is 4.31 Å². The molecular weight excluding hydrogens is 532 g/mol. The van der Waals surface area contributed by atoms with Crippen LogP contribution >= 0.6 is 27.7 Å². The molecule has 1 amide bonds. The van der Waals surface area contributed by atoms with Crippen LogP contribution in [-0.2, 0) is 14.8 Å². The van der Waals surface area contributed by atoms with Gasteiger partial charge in [0.1, 0.15) is 0 Å². The van der Waals surface area contributed by atoms with E-state index in [9.17, 15) is 13.2 Å². The molecule has 1 saturated carbocycles. The van der Waals surface area contributed by atoms with Crippen LogP contribution in [0.3, 0.4) is 0 Å². The van der Waals surface area contributed by atoms with E-state index in [4.69, 9.17) is 0 Å². The fourth-order valence-corrected chi connectivity index (χ4v) is 6.96. The van der Waals surface area contributed by atoms with Gasteiger partial charge in [-0.25, -0.2) is 8.42 Å². The minimum Gasteiger partial charge on any atom is -0.324 e. The van der Waals surface area contributed by atoms with E-state index in [2.05, 4.69) is 21.2 Å². The van der Waals surface area contributed by atoms with Crippen molar-refractivity contribution in [3.63, 3.8) is 0 Å². The molecule has 0 aromatic heterocycles. The number of hydrogen-bond donors (Lipinski definition) is 1. The van der Waals surface area contributed by atoms with Crippen LogP contribution in [0.4, 0.5) is 5.69 Å². The summed E-state index contributed by atoms with van der Waals surface area (Å²) in [6.45, 7) is -0.215. The van der Waals surface area contributed by atoms with Crippen molar-refractivity contribution in [2.24, 2.45) is 0 Å². The highest BCUT2D eigenvalue weighted by atomic mass is 79.9. The molecule has 1 aliphatic rings. The molecule has 1 fully saturated rings. The van der Waals surface area contributed by atoms with Gasteiger partial charge in [-0.3, -0.25) is 4.79 Å². The lowest BCUT2D eigenvalue weighted by atomic mass is 9.95. The van der Waals surface area contributed by atoms with Gasteiger partial charge in [-0.15, -0.1) is 0 Å². The standard InChI is InChI=1S/C26H27BrN2O3S2/c27-20-15-17-23(18-16-20)34(31,32)29(21-9-3-1-4-10-21)19-26(30)28-24-13-7-8-14-25(24)33-22-11-5-2-6-12-22/h2,5-8,11-18,21H,1,3-4,9-10,19H2,(H,28,30). The Morgan fingerprint density at radius 2 is 1.56 bits per heavy atom. The highest BCUT2D eigenvalue weighted by Gasteiger charge is 2.34. The molecule has 4 rings (SSSR count). The lowest BCUT2D eigenvalue weighted by molar-refractivity contribution is -0.116. The number of rotatable bonds is 8. The van der Waals surface area contributed by atoms with Crippen molar-refractivity contribution < 1.29 is 13.2 Å². The van der Waals surface area contributed by atoms with E-state index < -0.39 is 10.0 Å². The zero-order valence-electron chi connectivity index (χ0n) is 18.7. The lowest BCUT2D eigenvalue weighted by Crippen LogP contribution is -2.45. The van der Waals surface area contributed by atoms with E-state index >= 15 is 0 Å². The summed E-state index contributed by atoms with van der Waals surface area (Å²) in [5.41, 5.74) is 0.672. The number of halogens is 1. The number of nitrogens with one attached hydrogen (secondary N) is 1. The van der Waals surface area contributed by atoms with Gasteiger partial charge in [0.2, 0.25) is 15.9 Å². The molecule has 3 aromatic carbocycles. The van der Waals surface area contributed by atoms with E-state index in [0.29, 0.717) is 5.69 Å². The maximum atomic E-state index is 13.6. The smallest absolute Gasteiger partial charge is 0.243 e. The largest absolute Gasteiger partial charge is 0.324 e. The average molecular weight is 560 g/mol. The molecule has 1 N–H and O–H groups in total. The summed E-state index contributed by atoms with van der Waals surface area (Å²) in [5, 5.41) is 2.96. The Morgan fingerprint density at radius 1 is 0.912 bits per heavy atom. The topological polar surface area (TPSA) is 66.5 Å². The van der Waals surface area contributed by atoms with Crippen molar-refractivity contribution in [2.45, 2.75) is 52.8 Å². The molecule has 1 aliphatic carbocycles. The summed E-state index contributed by atoms with van der Waals surface area (Å²) in [6, 6.07) is 23.9. The molecule has 0 unspecified atom stereocenters. The maximum absolute atomic E-state index is 13.6. The predicted molar refractivity (Wildman–Crippen MR) is 141 cm³/mol. The molecule has 34 heavy (non-hydrogen) atoms. The van der Waals surface area contributed by atoms with Crippen molar-refractivity contribution in [3.8, 4) is 0 Å². The summed E-state index contributed by atoms with van der Waals surface area (Å²) in [7, 11) is -3.82. The zero-order chi connectivity index (χ0) is 24.0. The van der Waals surface area contributed by atoms with Gasteiger partial charge in [0.05, 0.1) is 17.1 Å². The number of nitrogens with zero attached hydrogens (tertiary/aromatic N) is 1. The van der Waals surface area contributed by atoms with Crippen molar-refractivity contribution >= 4 is 49.3 Å². The number of carbonyl (C=O) groups is 1. The fourth-order valence-electron chi connectivity index (χ4n) is 4.13. The highest BCUT2D eigenvalue weighted by molar-refractivity contribution is 9.10. The van der Waals surface area contributed by atoms with Crippen molar-refractivity contribution in [2.75, 3.05) is 11.9 Å². The van der Waals surface area contributed by atoms with E-state index in [0.717, 1.165) is 46.4 Å². The van der Waals surface area contributed by atoms with Gasteiger partial charge in [0.25, 0.3) is 0 Å². The summed E-state index contributed by atoms with van der Waals surface area (Å²) < 4.78 is 29.3. The number of para-hydroxylation sites is 1. The highest BCUT2D eigenvalue weighted by Crippen LogP contribution is 2.33. The van der Waals surface area contributed by atoms with Crippen LogP contribution in [0.2, 0.25) is 0 Å². The Kier molecular flexibility index (Phi) is 8.47. The molecule has 0 aliphatic heterocycles. The monoisotopic (exact) mass is 558 g/mol. The first kappa shape index (κ1) is 25.0. The maximum Gasteiger partial charge on any atom is 0.243 e. The van der Waals surface area contributed by atoms with Gasteiger partial charge in [-0.2, -0.15) is 4.31 Å². The Balaban J connectivity index is 1.55. The number of anilines is 1. The summed E-state index contributed by atoms with van der Waals surface area (Å²) >= 11 is 4.91. The van der Waals surface area contributed by atoms with Crippen LogP contribution < -0.4 is 5.32 Å². The van der Waals surface area contributed by atoms with Crippen LogP contribution in [-0.4, -0.2) is 31.2 Å². The molecule has 0 bridgehead atoms. The summed E-state index contributed by atoms with van der Waals surface area (Å²) in [6.07, 6.45) is 4.57. The summed E-state index contributed by atoms with van der Waals surface area (Å²) in [4.78, 5) is 15.3. The second-order valence-corrected chi connectivity index (χ2v) is 12.2. The SMILES string of the molecule is O=C(CN(C1CCCCC1)S(=O)(=O)c1ccc(Br)cc1)Nc1ccccc1Sc1ccccc1. The molecule has 0 atom stereocenters. The first-order valence-electron chi connectivity index (χ1n) is 11.3. The van der Waals surface area contributed by atoms with Crippen LogP contribution in [0.1, 0.15) is 32.1 Å². The normalized spacial score (nSPS) is 14.8. The summed E-state index contributed by atoms with van der Waals surface area (Å²) in [5.74, 6) is -0.340. The second kappa shape index (κ2) is 11.5. The minimum atomic E-state index is -3.82. The van der Waals surface area contributed by atoms with Crippen LogP contribution in [0.15, 0.2) is 98.0 Å². The van der Waals surface area contributed by atoms with Crippen LogP contribution in [0.5, 0.6) is 0 Å². The Morgan fingerprint density at radius 3 is 2.26 bits per heavy atom. The Labute approximate surface area is 214 Å². The number of sulfonamides is 1. The van der Waals surface area contributed by atoms with E-state index in [1.54, 1.807) is 36.0 Å². The van der Waals surface area contributed by atoms with Gasteiger partial charge in [-0.05, 0) is 61.4 Å². The average Bonchev–Trinajstić information content (AvgIpc) is 2.85. The first-order valence-corrected chi connectivity index (χ1v) is 14.4.